The summed E-state index contributed by atoms with van der Waals surface area (Å²) in [5.74, 6) is -0.879. The number of rotatable bonds is 12. The molecule has 3 amide bonds. The van der Waals surface area contributed by atoms with E-state index < -0.39 is 17.8 Å². The molecule has 40 heavy (non-hydrogen) atoms. The van der Waals surface area contributed by atoms with Crippen molar-refractivity contribution in [1.29, 1.82) is 0 Å². The van der Waals surface area contributed by atoms with Crippen LogP contribution in [0, 0.1) is 5.82 Å². The summed E-state index contributed by atoms with van der Waals surface area (Å²) in [6, 6.07) is 17.3. The molecule has 208 valence electrons. The molecule has 1 aliphatic rings. The lowest BCUT2D eigenvalue weighted by Gasteiger charge is -2.16. The summed E-state index contributed by atoms with van der Waals surface area (Å²) in [4.78, 5) is 39.5. The van der Waals surface area contributed by atoms with Crippen LogP contribution in [0.1, 0.15) is 54.1 Å². The van der Waals surface area contributed by atoms with E-state index in [1.54, 1.807) is 28.8 Å². The van der Waals surface area contributed by atoms with Crippen molar-refractivity contribution in [2.75, 3.05) is 22.5 Å². The molecule has 0 spiro atoms. The molecule has 0 saturated heterocycles. The lowest BCUT2D eigenvalue weighted by Crippen LogP contribution is -2.33. The van der Waals surface area contributed by atoms with Crippen LogP contribution in [0.25, 0.3) is 0 Å². The molecule has 0 fully saturated rings. The number of amides is 3. The van der Waals surface area contributed by atoms with E-state index in [1.165, 1.54) is 24.3 Å². The van der Waals surface area contributed by atoms with E-state index in [4.69, 9.17) is 5.11 Å². The Morgan fingerprint density at radius 2 is 1.75 bits per heavy atom. The second-order valence-electron chi connectivity index (χ2n) is 9.33. The Kier molecular flexibility index (Phi) is 9.91. The van der Waals surface area contributed by atoms with Crippen molar-refractivity contribution in [2.45, 2.75) is 43.9 Å². The number of hydrogen-bond donors (Lipinski definition) is 3. The first-order valence-electron chi connectivity index (χ1n) is 13.2. The number of carboxylic acid groups (broad SMARTS) is 1. The maximum Gasteiger partial charge on any atom is 0.339 e. The minimum absolute atomic E-state index is 0.159. The van der Waals surface area contributed by atoms with Gasteiger partial charge in [0.15, 0.2) is 5.71 Å². The largest absolute Gasteiger partial charge is 0.478 e. The van der Waals surface area contributed by atoms with Crippen LogP contribution in [-0.2, 0) is 11.2 Å². The smallest absolute Gasteiger partial charge is 0.339 e. The first kappa shape index (κ1) is 28.8. The average molecular weight is 563 g/mol. The van der Waals surface area contributed by atoms with Crippen molar-refractivity contribution in [2.24, 2.45) is 5.10 Å². The highest BCUT2D eigenvalue weighted by Crippen LogP contribution is 2.33. The molecule has 3 aromatic carbocycles. The van der Waals surface area contributed by atoms with E-state index >= 15 is 0 Å². The van der Waals surface area contributed by atoms with Crippen molar-refractivity contribution in [3.63, 3.8) is 0 Å². The van der Waals surface area contributed by atoms with Crippen molar-refractivity contribution < 1.29 is 23.9 Å². The lowest BCUT2D eigenvalue weighted by atomic mass is 10.1. The molecular formula is C30H31FN4O4S. The number of fused-ring (bicyclic) bond motifs is 1. The Labute approximate surface area is 236 Å². The van der Waals surface area contributed by atoms with E-state index in [9.17, 15) is 18.8 Å². The third-order valence-electron chi connectivity index (χ3n) is 6.43. The summed E-state index contributed by atoms with van der Waals surface area (Å²) >= 11 is 1.62. The van der Waals surface area contributed by atoms with Crippen LogP contribution in [0.3, 0.4) is 0 Å². The molecule has 8 nitrogen and oxygen atoms in total. The maximum atomic E-state index is 13.4. The van der Waals surface area contributed by atoms with Gasteiger partial charge in [-0.15, -0.1) is 11.8 Å². The van der Waals surface area contributed by atoms with Gasteiger partial charge in [-0.25, -0.2) is 19.4 Å². The topological polar surface area (TPSA) is 111 Å². The monoisotopic (exact) mass is 562 g/mol. The summed E-state index contributed by atoms with van der Waals surface area (Å²) in [5, 5.41) is 15.8. The summed E-state index contributed by atoms with van der Waals surface area (Å²) in [6.45, 7) is 2.69. The Balaban J connectivity index is 1.47. The number of halogens is 1. The van der Waals surface area contributed by atoms with E-state index in [1.807, 2.05) is 30.3 Å². The molecule has 0 unspecified atom stereocenters. The number of hydrazone groups is 1. The quantitative estimate of drug-likeness (QED) is 0.136. The van der Waals surface area contributed by atoms with E-state index in [2.05, 4.69) is 22.8 Å². The summed E-state index contributed by atoms with van der Waals surface area (Å²) in [7, 11) is 0. The van der Waals surface area contributed by atoms with Gasteiger partial charge >= 0.3 is 12.0 Å². The predicted octanol–water partition coefficient (Wildman–Crippen LogP) is 6.31. The minimum Gasteiger partial charge on any atom is -0.478 e. The standard InChI is InChI=1S/C30H31FN4O4S/c1-2-3-4-5-17-35-26-15-14-24(40-18-16-20-6-8-21(9-7-20)29(37)38)19-25(26)27(28(35)36)33-34-30(39)32-23-12-10-22(31)11-13-23/h6-15,19H,2-5,16-18H2,1H3,(H,37,38)(H2,32,34,39)/b33-27+. The zero-order valence-corrected chi connectivity index (χ0v) is 23.0. The molecule has 0 aromatic heterocycles. The van der Waals surface area contributed by atoms with Gasteiger partial charge in [-0.1, -0.05) is 38.3 Å². The molecule has 0 atom stereocenters. The number of urea groups is 1. The molecular weight excluding hydrogens is 531 g/mol. The SMILES string of the molecule is CCCCCCN1C(=O)/C(=N/NC(=O)Nc2ccc(F)cc2)c2cc(SCCc3ccc(C(=O)O)cc3)ccc21. The molecule has 0 aliphatic carbocycles. The average Bonchev–Trinajstić information content (AvgIpc) is 3.21. The molecule has 0 saturated carbocycles. The number of nitrogens with one attached hydrogen (secondary N) is 2. The third-order valence-corrected chi connectivity index (χ3v) is 7.42. The Bertz CT molecular complexity index is 1390. The van der Waals surface area contributed by atoms with E-state index in [0.29, 0.717) is 17.8 Å². The Morgan fingerprint density at radius 3 is 2.45 bits per heavy atom. The zero-order valence-electron chi connectivity index (χ0n) is 22.2. The number of carbonyl (C=O) groups excluding carboxylic acids is 2. The van der Waals surface area contributed by atoms with Crippen molar-refractivity contribution in [1.82, 2.24) is 5.43 Å². The fourth-order valence-electron chi connectivity index (χ4n) is 4.31. The van der Waals surface area contributed by atoms with Gasteiger partial charge in [0.25, 0.3) is 5.91 Å². The number of aromatic carboxylic acids is 1. The second-order valence-corrected chi connectivity index (χ2v) is 10.5. The van der Waals surface area contributed by atoms with Crippen LogP contribution in [0.4, 0.5) is 20.6 Å². The molecule has 3 N–H and O–H groups in total. The minimum atomic E-state index is -0.951. The van der Waals surface area contributed by atoms with Crippen molar-refractivity contribution in [3.8, 4) is 0 Å². The zero-order chi connectivity index (χ0) is 28.5. The van der Waals surface area contributed by atoms with Crippen LogP contribution in [0.15, 0.2) is 76.7 Å². The van der Waals surface area contributed by atoms with Crippen LogP contribution >= 0.6 is 11.8 Å². The first-order valence-corrected chi connectivity index (χ1v) is 14.2. The Morgan fingerprint density at radius 1 is 1.00 bits per heavy atom. The van der Waals surface area contributed by atoms with Crippen molar-refractivity contribution >= 4 is 46.8 Å². The Hall–Kier alpha value is -4.18. The first-order chi connectivity index (χ1) is 19.4. The number of benzene rings is 3. The van der Waals surface area contributed by atoms with Gasteiger partial charge in [0.1, 0.15) is 5.82 Å². The molecule has 4 rings (SSSR count). The predicted molar refractivity (Wildman–Crippen MR) is 156 cm³/mol. The lowest BCUT2D eigenvalue weighted by molar-refractivity contribution is -0.112. The van der Waals surface area contributed by atoms with Gasteiger partial charge in [-0.2, -0.15) is 5.10 Å². The fraction of sp³-hybridized carbons (Fsp3) is 0.267. The normalized spacial score (nSPS) is 13.4. The molecule has 1 aliphatic heterocycles. The summed E-state index contributed by atoms with van der Waals surface area (Å²) in [6.07, 6.45) is 4.81. The van der Waals surface area contributed by atoms with Crippen LogP contribution < -0.4 is 15.6 Å². The number of anilines is 2. The van der Waals surface area contributed by atoms with Gasteiger partial charge < -0.3 is 15.3 Å². The van der Waals surface area contributed by atoms with Gasteiger partial charge in [-0.05, 0) is 73.0 Å². The van der Waals surface area contributed by atoms with Crippen molar-refractivity contribution in [3.05, 3.63) is 89.2 Å². The molecule has 0 radical (unpaired) electrons. The highest BCUT2D eigenvalue weighted by atomic mass is 32.2. The summed E-state index contributed by atoms with van der Waals surface area (Å²) < 4.78 is 13.2. The highest BCUT2D eigenvalue weighted by molar-refractivity contribution is 7.99. The molecule has 0 bridgehead atoms. The number of unbranched alkanes of at least 4 members (excludes halogenated alkanes) is 3. The number of carbonyl (C=O) groups is 3. The molecule has 10 heteroatoms. The third kappa shape index (κ3) is 7.47. The number of thioether (sulfide) groups is 1. The highest BCUT2D eigenvalue weighted by Gasteiger charge is 2.34. The molecule has 3 aromatic rings. The van der Waals surface area contributed by atoms with Crippen LogP contribution in [0.2, 0.25) is 0 Å². The summed E-state index contributed by atoms with van der Waals surface area (Å²) in [5.41, 5.74) is 5.65. The van der Waals surface area contributed by atoms with E-state index in [0.717, 1.165) is 54.0 Å². The number of carboxylic acids is 1. The number of aryl methyl sites for hydroxylation is 1. The van der Waals surface area contributed by atoms with Gasteiger partial charge in [0.2, 0.25) is 0 Å². The maximum absolute atomic E-state index is 13.4. The van der Waals surface area contributed by atoms with Gasteiger partial charge in [-0.3, -0.25) is 4.79 Å². The fourth-order valence-corrected chi connectivity index (χ4v) is 5.25. The van der Waals surface area contributed by atoms with Gasteiger partial charge in [0.05, 0.1) is 11.3 Å². The van der Waals surface area contributed by atoms with Gasteiger partial charge in [0, 0.05) is 28.4 Å². The second kappa shape index (κ2) is 13.7. The number of hydrogen-bond acceptors (Lipinski definition) is 5. The van der Waals surface area contributed by atoms with Crippen LogP contribution in [0.5, 0.6) is 0 Å². The van der Waals surface area contributed by atoms with E-state index in [-0.39, 0.29) is 17.2 Å². The van der Waals surface area contributed by atoms with Crippen LogP contribution in [-0.4, -0.2) is 41.0 Å². The molecule has 1 heterocycles. The number of nitrogens with zero attached hydrogens (tertiary/aromatic N) is 2.